The average molecular weight is 347 g/mol. The predicted octanol–water partition coefficient (Wildman–Crippen LogP) is -3.67. The third-order valence-electron chi connectivity index (χ3n) is 2.68. The molecule has 95 valence electrons. The Morgan fingerprint density at radius 3 is 2.12 bits per heavy atom. The zero-order valence-corrected chi connectivity index (χ0v) is 14.3. The van der Waals surface area contributed by atoms with E-state index >= 15 is 0 Å². The maximum Gasteiger partial charge on any atom is 0.577 e. The zero-order valence-electron chi connectivity index (χ0n) is 12.1. The van der Waals surface area contributed by atoms with Crippen molar-refractivity contribution in [3.8, 4) is 5.97 Å². The summed E-state index contributed by atoms with van der Waals surface area (Å²) in [5.74, 6) is 3.26. The summed E-state index contributed by atoms with van der Waals surface area (Å²) in [5, 5.41) is 0. The first-order valence-electron chi connectivity index (χ1n) is 5.66. The first-order chi connectivity index (χ1) is 7.02. The molecule has 1 heterocycles. The van der Waals surface area contributed by atoms with E-state index in [2.05, 4.69) is 67.6 Å². The average Bonchev–Trinajstić information content (AvgIpc) is 2.16. The van der Waals surface area contributed by atoms with E-state index < -0.39 is 0 Å². The van der Waals surface area contributed by atoms with Crippen molar-refractivity contribution in [2.75, 3.05) is 55.8 Å². The highest BCUT2D eigenvalue weighted by Gasteiger charge is 2.33. The molecule has 17 heavy (non-hydrogen) atoms. The van der Waals surface area contributed by atoms with Gasteiger partial charge in [-0.25, -0.2) is 0 Å². The van der Waals surface area contributed by atoms with Crippen LogP contribution in [0.1, 0.15) is 0 Å². The van der Waals surface area contributed by atoms with Crippen molar-refractivity contribution in [3.63, 3.8) is 0 Å². The Kier molecular flexibility index (Phi) is 5.61. The van der Waals surface area contributed by atoms with E-state index in [1.165, 1.54) is 0 Å². The SMILES string of the molecule is C[N+](C)(C)[B-][N+]#C[B-]1C[N+](C)(C)[B-][N+]1(C)C.[I-]. The van der Waals surface area contributed by atoms with Gasteiger partial charge in [0.25, 0.3) is 7.55 Å². The minimum atomic E-state index is 0. The number of hydrogen-bond donors (Lipinski definition) is 0. The monoisotopic (exact) mass is 347 g/mol. The molecule has 0 N–H and O–H groups in total. The van der Waals surface area contributed by atoms with Crippen molar-refractivity contribution in [2.24, 2.45) is 0 Å². The molecular formula is C9H23B3IN4. The summed E-state index contributed by atoms with van der Waals surface area (Å²) in [5.41, 5.74) is 0. The van der Waals surface area contributed by atoms with Gasteiger partial charge in [-0.15, -0.1) is 0 Å². The van der Waals surface area contributed by atoms with Crippen LogP contribution >= 0.6 is 0 Å². The van der Waals surface area contributed by atoms with Gasteiger partial charge in [-0.3, -0.25) is 0 Å². The van der Waals surface area contributed by atoms with Gasteiger partial charge in [0.05, 0.1) is 0 Å². The Morgan fingerprint density at radius 2 is 1.76 bits per heavy atom. The van der Waals surface area contributed by atoms with Crippen LogP contribution in [-0.2, 0) is 0 Å². The summed E-state index contributed by atoms with van der Waals surface area (Å²) >= 11 is 0. The molecular weight excluding hydrogens is 323 g/mol. The Labute approximate surface area is 125 Å². The lowest BCUT2D eigenvalue weighted by atomic mass is 9.60. The molecule has 0 unspecified atom stereocenters. The highest BCUT2D eigenvalue weighted by Crippen LogP contribution is 2.16. The van der Waals surface area contributed by atoms with Crippen LogP contribution in [0.3, 0.4) is 0 Å². The van der Waals surface area contributed by atoms with E-state index in [1.54, 1.807) is 0 Å². The molecule has 0 atom stereocenters. The van der Waals surface area contributed by atoms with E-state index in [9.17, 15) is 0 Å². The largest absolute Gasteiger partial charge is 1.00 e. The van der Waals surface area contributed by atoms with E-state index in [0.29, 0.717) is 6.85 Å². The second-order valence-corrected chi connectivity index (χ2v) is 6.71. The van der Waals surface area contributed by atoms with Crippen LogP contribution in [0.25, 0.3) is 4.76 Å². The van der Waals surface area contributed by atoms with Crippen LogP contribution in [0.4, 0.5) is 0 Å². The molecule has 5 radical (unpaired) electrons. The number of nitrogens with zero attached hydrogens (tertiary/aromatic N) is 4. The fourth-order valence-electron chi connectivity index (χ4n) is 2.07. The molecule has 0 spiro atoms. The van der Waals surface area contributed by atoms with Gasteiger partial charge in [-0.2, -0.15) is 0 Å². The molecule has 0 aromatic rings. The summed E-state index contributed by atoms with van der Waals surface area (Å²) in [7, 11) is 19.3. The van der Waals surface area contributed by atoms with Gasteiger partial charge in [0.2, 0.25) is 0 Å². The van der Waals surface area contributed by atoms with E-state index in [0.717, 1.165) is 19.5 Å². The number of hydrogen-bond acceptors (Lipinski definition) is 0. The lowest BCUT2D eigenvalue weighted by molar-refractivity contribution is -0.807. The molecule has 0 saturated carbocycles. The predicted molar refractivity (Wildman–Crippen MR) is 71.6 cm³/mol. The summed E-state index contributed by atoms with van der Waals surface area (Å²) in [4.78, 5) is 0. The van der Waals surface area contributed by atoms with Crippen LogP contribution < -0.4 is 24.0 Å². The fourth-order valence-corrected chi connectivity index (χ4v) is 2.07. The van der Waals surface area contributed by atoms with Crippen molar-refractivity contribution >= 4 is 21.9 Å². The van der Waals surface area contributed by atoms with Gasteiger partial charge in [-0.1, -0.05) is 0 Å². The molecule has 1 aliphatic rings. The van der Waals surface area contributed by atoms with Gasteiger partial charge in [0.15, 0.2) is 0 Å². The fraction of sp³-hybridized carbons (Fsp3) is 0.889. The Morgan fingerprint density at radius 1 is 1.24 bits per heavy atom. The molecule has 0 aromatic carbocycles. The summed E-state index contributed by atoms with van der Waals surface area (Å²) < 4.78 is 6.84. The second kappa shape index (κ2) is 5.51. The summed E-state index contributed by atoms with van der Waals surface area (Å²) in [6.45, 7) is 0.345. The zero-order chi connectivity index (χ0) is 12.6. The second-order valence-electron chi connectivity index (χ2n) is 6.71. The maximum atomic E-state index is 4.34. The van der Waals surface area contributed by atoms with Gasteiger partial charge < -0.3 is 41.8 Å². The quantitative estimate of drug-likeness (QED) is 0.341. The van der Waals surface area contributed by atoms with Crippen molar-refractivity contribution < 1.29 is 37.1 Å². The Balaban J connectivity index is 0.00000256. The third-order valence-corrected chi connectivity index (χ3v) is 2.68. The highest BCUT2D eigenvalue weighted by molar-refractivity contribution is 6.66. The summed E-state index contributed by atoms with van der Waals surface area (Å²) in [6, 6.07) is 0. The standard InChI is InChI=1S/C9H23B3N4.HI/c1-14(2,3)10-13-8-12-9-15(4,5)11-16(12,6)7;/h9H2,1-7H3;1H/q+1;/p-1. The number of halogens is 1. The van der Waals surface area contributed by atoms with Crippen molar-refractivity contribution in [3.05, 3.63) is 4.76 Å². The lowest BCUT2D eigenvalue weighted by Gasteiger charge is -2.48. The topological polar surface area (TPSA) is 4.36 Å². The number of quaternary nitrogens is 3. The smallest absolute Gasteiger partial charge is 0.577 e. The molecule has 1 saturated heterocycles. The molecule has 0 bridgehead atoms. The Hall–Kier alpha value is 0.295. The van der Waals surface area contributed by atoms with Gasteiger partial charge in [0.1, 0.15) is 0 Å². The van der Waals surface area contributed by atoms with Crippen molar-refractivity contribution in [2.45, 2.75) is 0 Å². The van der Waals surface area contributed by atoms with Crippen molar-refractivity contribution in [1.82, 2.24) is 0 Å². The van der Waals surface area contributed by atoms with E-state index in [4.69, 9.17) is 0 Å². The molecule has 0 aromatic heterocycles. The van der Waals surface area contributed by atoms with E-state index in [1.807, 2.05) is 7.55 Å². The van der Waals surface area contributed by atoms with Gasteiger partial charge in [-0.05, 0) is 20.5 Å². The highest BCUT2D eigenvalue weighted by atomic mass is 127. The van der Waals surface area contributed by atoms with Gasteiger partial charge >= 0.3 is 14.4 Å². The van der Waals surface area contributed by atoms with Crippen LogP contribution in [0.5, 0.6) is 0 Å². The van der Waals surface area contributed by atoms with Crippen molar-refractivity contribution in [1.29, 1.82) is 0 Å². The van der Waals surface area contributed by atoms with Crippen LogP contribution in [0.15, 0.2) is 0 Å². The molecule has 8 heteroatoms. The minimum absolute atomic E-state index is 0. The maximum absolute atomic E-state index is 4.34. The first-order valence-corrected chi connectivity index (χ1v) is 5.66. The minimum Gasteiger partial charge on any atom is -1.00 e. The molecule has 1 rings (SSSR count). The first kappa shape index (κ1) is 17.3. The lowest BCUT2D eigenvalue weighted by Crippen LogP contribution is -3.00. The van der Waals surface area contributed by atoms with E-state index in [-0.39, 0.29) is 24.0 Å². The van der Waals surface area contributed by atoms with Gasteiger partial charge in [0, 0.05) is 41.2 Å². The van der Waals surface area contributed by atoms with Crippen LogP contribution in [-0.4, -0.2) is 90.8 Å². The Bertz CT molecular complexity index is 329. The third kappa shape index (κ3) is 5.64. The molecule has 4 nitrogen and oxygen atoms in total. The molecule has 1 fully saturated rings. The number of rotatable bonds is 1. The molecule has 0 amide bonds. The van der Waals surface area contributed by atoms with Crippen LogP contribution in [0, 0.1) is 5.97 Å². The molecule has 1 aliphatic heterocycles. The summed E-state index contributed by atoms with van der Waals surface area (Å²) in [6.07, 6.45) is 1.06. The van der Waals surface area contributed by atoms with Crippen LogP contribution in [0.2, 0.25) is 0 Å². The normalized spacial score (nSPS) is 22.5. The molecule has 0 aliphatic carbocycles.